The number of halogens is 2. The monoisotopic (exact) mass is 522 g/mol. The minimum atomic E-state index is -4.08. The number of nitrogens with zero attached hydrogens (tertiary/aromatic N) is 3. The number of hydroxylamine groups is 1. The lowest BCUT2D eigenvalue weighted by atomic mass is 10.1. The molecule has 0 saturated carbocycles. The van der Waals surface area contributed by atoms with Gasteiger partial charge in [0.15, 0.2) is 0 Å². The number of amides is 1. The summed E-state index contributed by atoms with van der Waals surface area (Å²) >= 11 is 0. The number of nitrogens with one attached hydrogen (secondary N) is 1. The van der Waals surface area contributed by atoms with Gasteiger partial charge in [0.2, 0.25) is 10.0 Å². The lowest BCUT2D eigenvalue weighted by Gasteiger charge is -2.29. The van der Waals surface area contributed by atoms with Crippen LogP contribution in [0.5, 0.6) is 5.75 Å². The van der Waals surface area contributed by atoms with Crippen molar-refractivity contribution < 1.29 is 23.2 Å². The summed E-state index contributed by atoms with van der Waals surface area (Å²) in [6, 6.07) is 10.0. The molecule has 12 heteroatoms. The normalized spacial score (nSPS) is 11.9. The summed E-state index contributed by atoms with van der Waals surface area (Å²) in [5.74, 6) is -0.263. The number of carbonyl (C=O) groups excluding carboxylic acids is 1. The van der Waals surface area contributed by atoms with Gasteiger partial charge in [-0.2, -0.15) is 4.31 Å². The van der Waals surface area contributed by atoms with Crippen molar-refractivity contribution >= 4 is 40.7 Å². The standard InChI is InChI=1S/C21H30N4O5S.2ClH/c1-24(2)15-7-5-9-20(21(26)23-27)25(16-17-8-4-6-14-22-17)31(28,29)19-12-10-18(30-3)11-13-19;;/h4,6,8,10-14,20,27H,5,7,9,15-16H2,1-3H3,(H,23,26);2*1H/t20-;;/m1../s1. The molecule has 186 valence electrons. The summed E-state index contributed by atoms with van der Waals surface area (Å²) in [6.07, 6.45) is 3.20. The van der Waals surface area contributed by atoms with Crippen LogP contribution in [0.25, 0.3) is 0 Å². The third kappa shape index (κ3) is 9.07. The molecule has 0 aliphatic carbocycles. The summed E-state index contributed by atoms with van der Waals surface area (Å²) in [6.45, 7) is 0.694. The molecule has 0 fully saturated rings. The van der Waals surface area contributed by atoms with Crippen molar-refractivity contribution in [1.82, 2.24) is 19.7 Å². The molecule has 2 aromatic rings. The van der Waals surface area contributed by atoms with Crippen LogP contribution < -0.4 is 10.2 Å². The van der Waals surface area contributed by atoms with Gasteiger partial charge in [-0.15, -0.1) is 24.8 Å². The second kappa shape index (κ2) is 15.0. The Morgan fingerprint density at radius 3 is 2.30 bits per heavy atom. The zero-order chi connectivity index (χ0) is 22.9. The Morgan fingerprint density at radius 2 is 1.79 bits per heavy atom. The lowest BCUT2D eigenvalue weighted by Crippen LogP contribution is -2.48. The number of hydrogen-bond donors (Lipinski definition) is 2. The van der Waals surface area contributed by atoms with Crippen LogP contribution in [0.2, 0.25) is 0 Å². The molecule has 0 bridgehead atoms. The minimum Gasteiger partial charge on any atom is -0.497 e. The number of sulfonamides is 1. The summed E-state index contributed by atoms with van der Waals surface area (Å²) in [5, 5.41) is 9.31. The summed E-state index contributed by atoms with van der Waals surface area (Å²) in [7, 11) is 1.30. The van der Waals surface area contributed by atoms with Crippen molar-refractivity contribution in [3.05, 3.63) is 54.4 Å². The van der Waals surface area contributed by atoms with E-state index in [0.717, 1.165) is 17.3 Å². The fourth-order valence-electron chi connectivity index (χ4n) is 3.14. The largest absolute Gasteiger partial charge is 0.497 e. The topological polar surface area (TPSA) is 112 Å². The maximum Gasteiger partial charge on any atom is 0.261 e. The average molecular weight is 523 g/mol. The molecule has 0 saturated heterocycles. The molecule has 2 N–H and O–H groups in total. The molecule has 0 aliphatic rings. The number of unbranched alkanes of at least 4 members (excludes halogenated alkanes) is 1. The molecule has 1 heterocycles. The second-order valence-corrected chi connectivity index (χ2v) is 9.23. The van der Waals surface area contributed by atoms with Crippen molar-refractivity contribution in [1.29, 1.82) is 0 Å². The van der Waals surface area contributed by atoms with Crippen molar-refractivity contribution in [2.45, 2.75) is 36.7 Å². The fourth-order valence-corrected chi connectivity index (χ4v) is 4.73. The van der Waals surface area contributed by atoms with E-state index in [1.807, 2.05) is 19.0 Å². The molecule has 1 atom stereocenters. The zero-order valence-electron chi connectivity index (χ0n) is 18.9. The average Bonchev–Trinajstić information content (AvgIpc) is 2.78. The molecule has 1 amide bonds. The maximum absolute atomic E-state index is 13.5. The van der Waals surface area contributed by atoms with Crippen LogP contribution >= 0.6 is 24.8 Å². The molecule has 0 unspecified atom stereocenters. The Kier molecular flexibility index (Phi) is 14.2. The highest BCUT2D eigenvalue weighted by Crippen LogP contribution is 2.25. The number of ether oxygens (including phenoxy) is 1. The second-order valence-electron chi connectivity index (χ2n) is 7.34. The number of aromatic nitrogens is 1. The molecule has 1 aromatic carbocycles. The van der Waals surface area contributed by atoms with Crippen LogP contribution in [0.4, 0.5) is 0 Å². The third-order valence-electron chi connectivity index (χ3n) is 4.80. The Morgan fingerprint density at radius 1 is 1.12 bits per heavy atom. The SMILES string of the molecule is COc1ccc(S(=O)(=O)N(Cc2ccccn2)[C@H](CCCCN(C)C)C(=O)NO)cc1.Cl.Cl. The first-order valence-corrected chi connectivity index (χ1v) is 11.4. The first-order valence-electron chi connectivity index (χ1n) is 9.94. The Hall–Kier alpha value is -1.95. The lowest BCUT2D eigenvalue weighted by molar-refractivity contribution is -0.133. The zero-order valence-corrected chi connectivity index (χ0v) is 21.3. The van der Waals surface area contributed by atoms with Gasteiger partial charge in [-0.1, -0.05) is 12.5 Å². The van der Waals surface area contributed by atoms with E-state index < -0.39 is 22.0 Å². The Bertz CT molecular complexity index is 931. The van der Waals surface area contributed by atoms with Gasteiger partial charge in [0.05, 0.1) is 24.2 Å². The number of rotatable bonds is 12. The van der Waals surface area contributed by atoms with Gasteiger partial charge in [0, 0.05) is 6.20 Å². The molecule has 2 rings (SSSR count). The molecular formula is C21H32Cl2N4O5S. The van der Waals surface area contributed by atoms with E-state index in [9.17, 15) is 18.4 Å². The number of hydrogen-bond acceptors (Lipinski definition) is 7. The highest BCUT2D eigenvalue weighted by atomic mass is 35.5. The van der Waals surface area contributed by atoms with E-state index in [-0.39, 0.29) is 42.7 Å². The van der Waals surface area contributed by atoms with Gasteiger partial charge >= 0.3 is 0 Å². The van der Waals surface area contributed by atoms with Crippen LogP contribution in [0.3, 0.4) is 0 Å². The Labute approximate surface area is 208 Å². The number of carbonyl (C=O) groups is 1. The minimum absolute atomic E-state index is 0. The molecule has 1 aromatic heterocycles. The van der Waals surface area contributed by atoms with Crippen molar-refractivity contribution in [2.24, 2.45) is 0 Å². The fraction of sp³-hybridized carbons (Fsp3) is 0.429. The van der Waals surface area contributed by atoms with Gasteiger partial charge in [-0.05, 0) is 69.9 Å². The Balaban J connectivity index is 0.00000512. The summed E-state index contributed by atoms with van der Waals surface area (Å²) < 4.78 is 33.3. The van der Waals surface area contributed by atoms with Crippen LogP contribution in [0.1, 0.15) is 25.0 Å². The highest BCUT2D eigenvalue weighted by Gasteiger charge is 2.36. The maximum atomic E-state index is 13.5. The van der Waals surface area contributed by atoms with Crippen LogP contribution in [0, 0.1) is 0 Å². The van der Waals surface area contributed by atoms with E-state index in [4.69, 9.17) is 4.74 Å². The molecular weight excluding hydrogens is 491 g/mol. The first kappa shape index (κ1) is 31.0. The molecule has 9 nitrogen and oxygen atoms in total. The molecule has 0 aliphatic heterocycles. The van der Waals surface area contributed by atoms with Crippen LogP contribution in [0.15, 0.2) is 53.6 Å². The molecule has 0 radical (unpaired) electrons. The number of benzene rings is 1. The quantitative estimate of drug-likeness (QED) is 0.250. The van der Waals surface area contributed by atoms with E-state index in [1.165, 1.54) is 19.2 Å². The van der Waals surface area contributed by atoms with Gasteiger partial charge < -0.3 is 9.64 Å². The van der Waals surface area contributed by atoms with Gasteiger partial charge in [-0.25, -0.2) is 13.9 Å². The number of methoxy groups -OCH3 is 1. The molecule has 0 spiro atoms. The molecule has 33 heavy (non-hydrogen) atoms. The van der Waals surface area contributed by atoms with Crippen LogP contribution in [-0.2, 0) is 21.4 Å². The van der Waals surface area contributed by atoms with Crippen LogP contribution in [-0.4, -0.2) is 67.5 Å². The summed E-state index contributed by atoms with van der Waals surface area (Å²) in [4.78, 5) is 18.8. The first-order chi connectivity index (χ1) is 14.8. The van der Waals surface area contributed by atoms with Gasteiger partial charge in [-0.3, -0.25) is 15.0 Å². The van der Waals surface area contributed by atoms with Crippen molar-refractivity contribution in [3.8, 4) is 5.75 Å². The predicted molar refractivity (Wildman–Crippen MR) is 131 cm³/mol. The number of pyridine rings is 1. The smallest absolute Gasteiger partial charge is 0.261 e. The highest BCUT2D eigenvalue weighted by molar-refractivity contribution is 7.89. The van der Waals surface area contributed by atoms with E-state index in [1.54, 1.807) is 42.0 Å². The van der Waals surface area contributed by atoms with Gasteiger partial charge in [0.25, 0.3) is 5.91 Å². The van der Waals surface area contributed by atoms with Crippen molar-refractivity contribution in [3.63, 3.8) is 0 Å². The van der Waals surface area contributed by atoms with Crippen molar-refractivity contribution in [2.75, 3.05) is 27.7 Å². The van der Waals surface area contributed by atoms with Gasteiger partial charge in [0.1, 0.15) is 11.8 Å². The van der Waals surface area contributed by atoms with E-state index in [2.05, 4.69) is 4.98 Å². The summed E-state index contributed by atoms with van der Waals surface area (Å²) in [5.41, 5.74) is 2.12. The third-order valence-corrected chi connectivity index (χ3v) is 6.67. The van der Waals surface area contributed by atoms with E-state index >= 15 is 0 Å². The predicted octanol–water partition coefficient (Wildman–Crippen LogP) is 2.73. The van der Waals surface area contributed by atoms with E-state index in [0.29, 0.717) is 17.9 Å².